The summed E-state index contributed by atoms with van der Waals surface area (Å²) in [6.07, 6.45) is 2.84. The molecule has 1 aliphatic heterocycles. The Balaban J connectivity index is 2.06. The molecule has 1 aliphatic rings. The minimum atomic E-state index is -2.91. The monoisotopic (exact) mass is 309 g/mol. The summed E-state index contributed by atoms with van der Waals surface area (Å²) in [5, 5.41) is 3.29. The van der Waals surface area contributed by atoms with Crippen molar-refractivity contribution in [2.45, 2.75) is 19.8 Å². The molecule has 0 saturated heterocycles. The van der Waals surface area contributed by atoms with Crippen LogP contribution in [0, 0.1) is 0 Å². The highest BCUT2D eigenvalue weighted by atomic mass is 32.2. The smallest absolute Gasteiger partial charge is 0.198 e. The summed E-state index contributed by atoms with van der Waals surface area (Å²) in [7, 11) is -2.91. The van der Waals surface area contributed by atoms with Crippen molar-refractivity contribution in [2.24, 2.45) is 4.99 Å². The number of aliphatic imine (C=N–C) groups is 1. The topological polar surface area (TPSA) is 61.8 Å². The third-order valence-electron chi connectivity index (χ3n) is 3.41. The van der Waals surface area contributed by atoms with Crippen molar-refractivity contribution in [1.29, 1.82) is 0 Å². The molecule has 0 aromatic heterocycles. The summed E-state index contributed by atoms with van der Waals surface area (Å²) < 4.78 is 22.3. The van der Waals surface area contributed by atoms with Gasteiger partial charge in [-0.25, -0.2) is 8.42 Å². The second-order valence-electron chi connectivity index (χ2n) is 5.25. The van der Waals surface area contributed by atoms with Crippen molar-refractivity contribution < 1.29 is 8.42 Å². The van der Waals surface area contributed by atoms with Crippen LogP contribution in [0.2, 0.25) is 0 Å². The molecule has 0 saturated carbocycles. The van der Waals surface area contributed by atoms with Crippen LogP contribution in [0.3, 0.4) is 0 Å². The summed E-state index contributed by atoms with van der Waals surface area (Å²) in [4.78, 5) is 6.74. The van der Waals surface area contributed by atoms with E-state index in [-0.39, 0.29) is 5.75 Å². The number of fused-ring (bicyclic) bond motifs is 1. The van der Waals surface area contributed by atoms with E-state index in [1.54, 1.807) is 0 Å². The van der Waals surface area contributed by atoms with Gasteiger partial charge in [0.2, 0.25) is 0 Å². The molecule has 2 rings (SSSR count). The third kappa shape index (κ3) is 4.46. The van der Waals surface area contributed by atoms with Crippen LogP contribution in [0.25, 0.3) is 0 Å². The second-order valence-corrected chi connectivity index (χ2v) is 7.51. The Morgan fingerprint density at radius 1 is 1.38 bits per heavy atom. The number of nitrogens with zero attached hydrogens (tertiary/aromatic N) is 2. The number of sulfone groups is 1. The van der Waals surface area contributed by atoms with E-state index in [9.17, 15) is 8.42 Å². The summed E-state index contributed by atoms with van der Waals surface area (Å²) in [6, 6.07) is 8.33. The lowest BCUT2D eigenvalue weighted by Gasteiger charge is -2.22. The van der Waals surface area contributed by atoms with E-state index in [4.69, 9.17) is 0 Å². The number of anilines is 1. The molecule has 21 heavy (non-hydrogen) atoms. The Morgan fingerprint density at radius 2 is 2.14 bits per heavy atom. The maximum absolute atomic E-state index is 11.1. The van der Waals surface area contributed by atoms with Gasteiger partial charge in [-0.3, -0.25) is 4.99 Å². The lowest BCUT2D eigenvalue weighted by atomic mass is 10.2. The van der Waals surface area contributed by atoms with Gasteiger partial charge in [0.25, 0.3) is 0 Å². The van der Waals surface area contributed by atoms with Gasteiger partial charge in [-0.2, -0.15) is 0 Å². The molecule has 1 aromatic carbocycles. The van der Waals surface area contributed by atoms with Crippen molar-refractivity contribution in [1.82, 2.24) is 5.32 Å². The number of rotatable bonds is 5. The molecule has 5 nitrogen and oxygen atoms in total. The second kappa shape index (κ2) is 6.93. The van der Waals surface area contributed by atoms with Crippen molar-refractivity contribution in [3.63, 3.8) is 0 Å². The predicted octanol–water partition coefficient (Wildman–Crippen LogP) is 1.45. The van der Waals surface area contributed by atoms with Crippen molar-refractivity contribution in [3.8, 4) is 0 Å². The summed E-state index contributed by atoms with van der Waals surface area (Å²) in [5.41, 5.74) is 2.53. The average Bonchev–Trinajstić information content (AvgIpc) is 2.85. The zero-order valence-electron chi connectivity index (χ0n) is 12.7. The fourth-order valence-corrected chi connectivity index (χ4v) is 3.12. The molecule has 0 bridgehead atoms. The van der Waals surface area contributed by atoms with Gasteiger partial charge in [0, 0.05) is 31.6 Å². The Kier molecular flexibility index (Phi) is 5.22. The third-order valence-corrected chi connectivity index (χ3v) is 4.44. The first-order chi connectivity index (χ1) is 10.0. The van der Waals surface area contributed by atoms with Crippen molar-refractivity contribution in [2.75, 3.05) is 36.5 Å². The lowest BCUT2D eigenvalue weighted by molar-refractivity contribution is 0.599. The van der Waals surface area contributed by atoms with E-state index in [1.165, 1.54) is 17.5 Å². The predicted molar refractivity (Wildman–Crippen MR) is 87.8 cm³/mol. The fourth-order valence-electron chi connectivity index (χ4n) is 2.46. The molecule has 1 N–H and O–H groups in total. The zero-order valence-corrected chi connectivity index (χ0v) is 13.5. The van der Waals surface area contributed by atoms with Crippen LogP contribution >= 0.6 is 0 Å². The van der Waals surface area contributed by atoms with Gasteiger partial charge in [-0.1, -0.05) is 18.2 Å². The molecule has 0 radical (unpaired) electrons. The van der Waals surface area contributed by atoms with E-state index >= 15 is 0 Å². The number of benzene rings is 1. The fraction of sp³-hybridized carbons (Fsp3) is 0.533. The van der Waals surface area contributed by atoms with Gasteiger partial charge in [-0.15, -0.1) is 0 Å². The van der Waals surface area contributed by atoms with E-state index < -0.39 is 9.84 Å². The van der Waals surface area contributed by atoms with Crippen LogP contribution in [0.15, 0.2) is 29.3 Å². The molecule has 0 spiro atoms. The van der Waals surface area contributed by atoms with Crippen LogP contribution < -0.4 is 10.2 Å². The van der Waals surface area contributed by atoms with E-state index in [1.807, 2.05) is 13.0 Å². The lowest BCUT2D eigenvalue weighted by Crippen LogP contribution is -2.40. The van der Waals surface area contributed by atoms with Gasteiger partial charge in [0.15, 0.2) is 5.96 Å². The van der Waals surface area contributed by atoms with Gasteiger partial charge < -0.3 is 10.2 Å². The summed E-state index contributed by atoms with van der Waals surface area (Å²) >= 11 is 0. The van der Waals surface area contributed by atoms with Gasteiger partial charge in [0.05, 0.1) is 5.75 Å². The van der Waals surface area contributed by atoms with Gasteiger partial charge in [-0.05, 0) is 31.4 Å². The highest BCUT2D eigenvalue weighted by Crippen LogP contribution is 2.27. The molecule has 0 unspecified atom stereocenters. The number of hydrogen-bond donors (Lipinski definition) is 1. The molecule has 6 heteroatoms. The molecular formula is C15H23N3O2S. The quantitative estimate of drug-likeness (QED) is 0.508. The maximum atomic E-state index is 11.1. The first kappa shape index (κ1) is 15.8. The normalized spacial score (nSPS) is 15.1. The first-order valence-corrected chi connectivity index (χ1v) is 9.39. The highest BCUT2D eigenvalue weighted by molar-refractivity contribution is 7.90. The van der Waals surface area contributed by atoms with Crippen LogP contribution in [-0.2, 0) is 16.3 Å². The van der Waals surface area contributed by atoms with Crippen molar-refractivity contribution >= 4 is 21.5 Å². The van der Waals surface area contributed by atoms with Crippen LogP contribution in [0.5, 0.6) is 0 Å². The maximum Gasteiger partial charge on any atom is 0.198 e. The Hall–Kier alpha value is -1.56. The molecule has 1 aromatic rings. The summed E-state index contributed by atoms with van der Waals surface area (Å²) in [6.45, 7) is 4.27. The largest absolute Gasteiger partial charge is 0.356 e. The number of nitrogens with one attached hydrogen (secondary N) is 1. The van der Waals surface area contributed by atoms with Crippen LogP contribution in [0.4, 0.5) is 5.69 Å². The van der Waals surface area contributed by atoms with Crippen LogP contribution in [-0.4, -0.2) is 46.0 Å². The van der Waals surface area contributed by atoms with Crippen molar-refractivity contribution in [3.05, 3.63) is 29.8 Å². The standard InChI is InChI=1S/C15H23N3O2S/c1-3-16-15(17-10-6-12-21(2,19)20)18-11-9-13-7-4-5-8-14(13)18/h4-5,7-8H,3,6,9-12H2,1-2H3,(H,16,17). The van der Waals surface area contributed by atoms with E-state index in [0.717, 1.165) is 25.5 Å². The first-order valence-electron chi connectivity index (χ1n) is 7.33. The number of para-hydroxylation sites is 1. The number of hydrogen-bond acceptors (Lipinski definition) is 3. The number of guanidine groups is 1. The molecule has 0 fully saturated rings. The van der Waals surface area contributed by atoms with E-state index in [0.29, 0.717) is 13.0 Å². The minimum Gasteiger partial charge on any atom is -0.356 e. The van der Waals surface area contributed by atoms with Gasteiger partial charge in [0.1, 0.15) is 9.84 Å². The molecule has 0 amide bonds. The average molecular weight is 309 g/mol. The molecule has 116 valence electrons. The van der Waals surface area contributed by atoms with Gasteiger partial charge >= 0.3 is 0 Å². The molecule has 0 atom stereocenters. The van der Waals surface area contributed by atoms with E-state index in [2.05, 4.69) is 33.4 Å². The molecule has 1 heterocycles. The molecule has 0 aliphatic carbocycles. The zero-order chi connectivity index (χ0) is 15.3. The molecular weight excluding hydrogens is 286 g/mol. The van der Waals surface area contributed by atoms with Crippen LogP contribution in [0.1, 0.15) is 18.9 Å². The SMILES string of the molecule is CCNC(=NCCCS(C)(=O)=O)N1CCc2ccccc21. The Morgan fingerprint density at radius 3 is 2.86 bits per heavy atom. The minimum absolute atomic E-state index is 0.187. The Bertz CT molecular complexity index is 611. The summed E-state index contributed by atoms with van der Waals surface area (Å²) in [5.74, 6) is 1.03. The highest BCUT2D eigenvalue weighted by Gasteiger charge is 2.22. The Labute approximate surface area is 127 Å².